The Labute approximate surface area is 214 Å². The Morgan fingerprint density at radius 1 is 1.08 bits per heavy atom. The highest BCUT2D eigenvalue weighted by Gasteiger charge is 2.37. The molecule has 12 heteroatoms. The average molecular weight is 561 g/mol. The first-order chi connectivity index (χ1) is 17.3. The van der Waals surface area contributed by atoms with Crippen molar-refractivity contribution >= 4 is 51.5 Å². The molecule has 2 aromatic carbocycles. The maximum absolute atomic E-state index is 13.2. The van der Waals surface area contributed by atoms with E-state index in [4.69, 9.17) is 23.7 Å². The highest BCUT2D eigenvalue weighted by molar-refractivity contribution is 9.10. The van der Waals surface area contributed by atoms with Crippen LogP contribution in [-0.2, 0) is 19.1 Å². The Bertz CT molecular complexity index is 1270. The SMILES string of the molecule is CCOC(=O)COc1c(Br)cc(/C=C2\C(=O)NC(=O)N(c3ccc4c(c3)OCO4)C2=O)cc1OCC. The number of carbonyl (C=O) groups is 4. The molecule has 1 saturated heterocycles. The zero-order chi connectivity index (χ0) is 25.8. The highest BCUT2D eigenvalue weighted by atomic mass is 79.9. The molecule has 2 aliphatic heterocycles. The van der Waals surface area contributed by atoms with Crippen LogP contribution in [0.25, 0.3) is 6.08 Å². The number of ether oxygens (including phenoxy) is 5. The molecule has 11 nitrogen and oxygen atoms in total. The Kier molecular flexibility index (Phi) is 7.44. The molecule has 36 heavy (non-hydrogen) atoms. The molecule has 188 valence electrons. The van der Waals surface area contributed by atoms with Crippen LogP contribution in [0.5, 0.6) is 23.0 Å². The number of halogens is 1. The third-order valence-electron chi connectivity index (χ3n) is 5.00. The number of esters is 1. The van der Waals surface area contributed by atoms with Gasteiger partial charge in [-0.15, -0.1) is 0 Å². The number of hydrogen-bond donors (Lipinski definition) is 1. The lowest BCUT2D eigenvalue weighted by Crippen LogP contribution is -2.54. The maximum Gasteiger partial charge on any atom is 0.344 e. The smallest absolute Gasteiger partial charge is 0.344 e. The molecule has 2 heterocycles. The lowest BCUT2D eigenvalue weighted by Gasteiger charge is -2.26. The first-order valence-corrected chi connectivity index (χ1v) is 11.7. The molecule has 4 rings (SSSR count). The number of barbiturate groups is 1. The standard InChI is InChI=1S/C24H21BrN2O9/c1-3-32-19-9-13(8-16(25)21(19)34-11-20(28)33-4-2)7-15-22(29)26-24(31)27(23(15)30)14-5-6-17-18(10-14)36-12-35-17/h5-10H,3-4,11-12H2,1-2H3,(H,26,29,31)/b15-7+. The van der Waals surface area contributed by atoms with Gasteiger partial charge in [-0.3, -0.25) is 14.9 Å². The first-order valence-electron chi connectivity index (χ1n) is 10.9. The quantitative estimate of drug-likeness (QED) is 0.294. The van der Waals surface area contributed by atoms with Gasteiger partial charge < -0.3 is 23.7 Å². The molecule has 0 aromatic heterocycles. The van der Waals surface area contributed by atoms with Gasteiger partial charge in [0.1, 0.15) is 5.57 Å². The van der Waals surface area contributed by atoms with E-state index >= 15 is 0 Å². The van der Waals surface area contributed by atoms with Gasteiger partial charge in [0, 0.05) is 6.07 Å². The van der Waals surface area contributed by atoms with Gasteiger partial charge in [-0.1, -0.05) is 0 Å². The minimum atomic E-state index is -0.889. The van der Waals surface area contributed by atoms with E-state index in [0.29, 0.717) is 21.5 Å². The van der Waals surface area contributed by atoms with Gasteiger partial charge in [0.05, 0.1) is 23.4 Å². The largest absolute Gasteiger partial charge is 0.490 e. The molecule has 2 aromatic rings. The third-order valence-corrected chi connectivity index (χ3v) is 5.59. The second kappa shape index (κ2) is 10.7. The van der Waals surface area contributed by atoms with E-state index in [-0.39, 0.29) is 49.4 Å². The van der Waals surface area contributed by atoms with Gasteiger partial charge in [-0.2, -0.15) is 0 Å². The van der Waals surface area contributed by atoms with Crippen LogP contribution in [0, 0.1) is 0 Å². The van der Waals surface area contributed by atoms with Gasteiger partial charge in [0.25, 0.3) is 11.8 Å². The molecule has 0 aliphatic carbocycles. The van der Waals surface area contributed by atoms with E-state index in [1.807, 2.05) is 0 Å². The number of imide groups is 2. The molecule has 0 unspecified atom stereocenters. The zero-order valence-electron chi connectivity index (χ0n) is 19.3. The summed E-state index contributed by atoms with van der Waals surface area (Å²) in [6.07, 6.45) is 1.33. The summed E-state index contributed by atoms with van der Waals surface area (Å²) in [4.78, 5) is 50.9. The Balaban J connectivity index is 1.65. The molecule has 1 N–H and O–H groups in total. The summed E-state index contributed by atoms with van der Waals surface area (Å²) in [6.45, 7) is 3.65. The number of rotatable bonds is 8. The fourth-order valence-corrected chi connectivity index (χ4v) is 4.07. The molecule has 1 fully saturated rings. The van der Waals surface area contributed by atoms with E-state index in [2.05, 4.69) is 21.2 Å². The zero-order valence-corrected chi connectivity index (χ0v) is 20.9. The van der Waals surface area contributed by atoms with Crippen molar-refractivity contribution in [3.05, 3.63) is 45.9 Å². The van der Waals surface area contributed by atoms with Gasteiger partial charge >= 0.3 is 12.0 Å². The van der Waals surface area contributed by atoms with Crippen LogP contribution in [0.4, 0.5) is 10.5 Å². The summed E-state index contributed by atoms with van der Waals surface area (Å²) >= 11 is 3.38. The van der Waals surface area contributed by atoms with Crippen molar-refractivity contribution in [2.24, 2.45) is 0 Å². The molecule has 0 spiro atoms. The van der Waals surface area contributed by atoms with E-state index in [9.17, 15) is 19.2 Å². The van der Waals surface area contributed by atoms with Crippen LogP contribution < -0.4 is 29.2 Å². The van der Waals surface area contributed by atoms with Gasteiger partial charge in [0.15, 0.2) is 29.6 Å². The fraction of sp³-hybridized carbons (Fsp3) is 0.250. The average Bonchev–Trinajstić information content (AvgIpc) is 3.29. The lowest BCUT2D eigenvalue weighted by molar-refractivity contribution is -0.145. The Hall–Kier alpha value is -4.06. The number of benzene rings is 2. The van der Waals surface area contributed by atoms with E-state index < -0.39 is 23.8 Å². The molecule has 0 atom stereocenters. The Morgan fingerprint density at radius 2 is 1.86 bits per heavy atom. The maximum atomic E-state index is 13.2. The molecular weight excluding hydrogens is 540 g/mol. The summed E-state index contributed by atoms with van der Waals surface area (Å²) in [5, 5.41) is 2.17. The lowest BCUT2D eigenvalue weighted by atomic mass is 10.1. The monoisotopic (exact) mass is 560 g/mol. The third kappa shape index (κ3) is 5.13. The number of fused-ring (bicyclic) bond motifs is 1. The molecule has 0 radical (unpaired) electrons. The molecule has 4 amide bonds. The number of amides is 4. The predicted molar refractivity (Wildman–Crippen MR) is 129 cm³/mol. The van der Waals surface area contributed by atoms with Crippen LogP contribution in [0.2, 0.25) is 0 Å². The van der Waals surface area contributed by atoms with Crippen molar-refractivity contribution in [3.8, 4) is 23.0 Å². The van der Waals surface area contributed by atoms with Crippen molar-refractivity contribution in [2.45, 2.75) is 13.8 Å². The van der Waals surface area contributed by atoms with Crippen LogP contribution >= 0.6 is 15.9 Å². The summed E-state index contributed by atoms with van der Waals surface area (Å²) in [5.41, 5.74) is 0.341. The molecule has 2 aliphatic rings. The highest BCUT2D eigenvalue weighted by Crippen LogP contribution is 2.39. The van der Waals surface area contributed by atoms with Crippen molar-refractivity contribution in [1.29, 1.82) is 0 Å². The van der Waals surface area contributed by atoms with E-state index in [1.165, 1.54) is 18.2 Å². The van der Waals surface area contributed by atoms with Crippen LogP contribution in [0.3, 0.4) is 0 Å². The van der Waals surface area contributed by atoms with E-state index in [1.54, 1.807) is 32.0 Å². The molecule has 0 bridgehead atoms. The number of nitrogens with one attached hydrogen (secondary N) is 1. The first kappa shape index (κ1) is 25.0. The number of anilines is 1. The van der Waals surface area contributed by atoms with Gasteiger partial charge in [0.2, 0.25) is 6.79 Å². The second-order valence-corrected chi connectivity index (χ2v) is 8.21. The van der Waals surface area contributed by atoms with Crippen molar-refractivity contribution in [2.75, 3.05) is 31.5 Å². The second-order valence-electron chi connectivity index (χ2n) is 7.35. The summed E-state index contributed by atoms with van der Waals surface area (Å²) in [6, 6.07) is 6.80. The van der Waals surface area contributed by atoms with Crippen LogP contribution in [0.1, 0.15) is 19.4 Å². The molecule has 0 saturated carbocycles. The Morgan fingerprint density at radius 3 is 2.61 bits per heavy atom. The summed E-state index contributed by atoms with van der Waals surface area (Å²) in [5.74, 6) is -0.832. The predicted octanol–water partition coefficient (Wildman–Crippen LogP) is 3.18. The van der Waals surface area contributed by atoms with Gasteiger partial charge in [-0.25, -0.2) is 14.5 Å². The van der Waals surface area contributed by atoms with Crippen molar-refractivity contribution in [3.63, 3.8) is 0 Å². The van der Waals surface area contributed by atoms with Crippen LogP contribution in [-0.4, -0.2) is 50.4 Å². The van der Waals surface area contributed by atoms with E-state index in [0.717, 1.165) is 4.90 Å². The summed E-state index contributed by atoms with van der Waals surface area (Å²) in [7, 11) is 0. The minimum Gasteiger partial charge on any atom is -0.490 e. The number of nitrogens with zero attached hydrogens (tertiary/aromatic N) is 1. The molecular formula is C24H21BrN2O9. The normalized spacial score (nSPS) is 15.7. The van der Waals surface area contributed by atoms with Gasteiger partial charge in [-0.05, 0) is 65.7 Å². The van der Waals surface area contributed by atoms with Crippen molar-refractivity contribution < 1.29 is 42.9 Å². The number of urea groups is 1. The van der Waals surface area contributed by atoms with Crippen molar-refractivity contribution in [1.82, 2.24) is 5.32 Å². The van der Waals surface area contributed by atoms with Crippen LogP contribution in [0.15, 0.2) is 40.4 Å². The number of carbonyl (C=O) groups excluding carboxylic acids is 4. The number of hydrogen-bond acceptors (Lipinski definition) is 9. The fourth-order valence-electron chi connectivity index (χ4n) is 3.49. The topological polar surface area (TPSA) is 130 Å². The summed E-state index contributed by atoms with van der Waals surface area (Å²) < 4.78 is 27.1. The minimum absolute atomic E-state index is 0.0269.